The zero-order chi connectivity index (χ0) is 10.4. The minimum absolute atomic E-state index is 0. The number of ether oxygens (including phenoxy) is 1. The number of hydrogen-bond acceptors (Lipinski definition) is 2. The van der Waals surface area contributed by atoms with Crippen molar-refractivity contribution in [2.24, 2.45) is 5.92 Å². The summed E-state index contributed by atoms with van der Waals surface area (Å²) in [4.78, 5) is 10.5. The van der Waals surface area contributed by atoms with Crippen molar-refractivity contribution in [1.29, 1.82) is 0 Å². The van der Waals surface area contributed by atoms with E-state index in [-0.39, 0.29) is 14.0 Å². The molecule has 0 amide bonds. The number of benzene rings is 1. The number of carboxylic acid groups (broad SMARTS) is 1. The average molecular weight is 210 g/mol. The minimum Gasteiger partial charge on any atom is -0.481 e. The number of aliphatic carboxylic acids is 1. The molecule has 0 aliphatic rings. The molecule has 0 aliphatic heterocycles. The van der Waals surface area contributed by atoms with Crippen LogP contribution in [0.4, 0.5) is 0 Å². The summed E-state index contributed by atoms with van der Waals surface area (Å²) in [7, 11) is 0. The standard InChI is InChI=1S/C11H14O3.CH4/c1-9(11(12)13)7-14-8-10-5-3-2-4-6-10;/h2-6,9H,7-8H2,1H3,(H,12,13);1H4/t9-;/m0./s1. The molecule has 3 heteroatoms. The number of carboxylic acids is 1. The second-order valence-corrected chi connectivity index (χ2v) is 3.24. The highest BCUT2D eigenvalue weighted by Crippen LogP contribution is 2.03. The smallest absolute Gasteiger partial charge is 0.308 e. The Labute approximate surface area is 90.7 Å². The quantitative estimate of drug-likeness (QED) is 0.812. The Morgan fingerprint density at radius 1 is 1.40 bits per heavy atom. The molecule has 0 bridgehead atoms. The molecule has 15 heavy (non-hydrogen) atoms. The molecule has 1 rings (SSSR count). The summed E-state index contributed by atoms with van der Waals surface area (Å²) in [5.74, 6) is -1.27. The molecule has 3 nitrogen and oxygen atoms in total. The maximum absolute atomic E-state index is 10.5. The van der Waals surface area contributed by atoms with Crippen LogP contribution in [0.25, 0.3) is 0 Å². The highest BCUT2D eigenvalue weighted by atomic mass is 16.5. The first-order valence-corrected chi connectivity index (χ1v) is 4.54. The van der Waals surface area contributed by atoms with Crippen LogP contribution in [-0.4, -0.2) is 17.7 Å². The van der Waals surface area contributed by atoms with Crippen LogP contribution in [0.5, 0.6) is 0 Å². The average Bonchev–Trinajstić information content (AvgIpc) is 2.19. The van der Waals surface area contributed by atoms with Gasteiger partial charge in [-0.1, -0.05) is 37.8 Å². The van der Waals surface area contributed by atoms with Crippen molar-refractivity contribution >= 4 is 5.97 Å². The molecule has 1 aromatic rings. The predicted octanol–water partition coefficient (Wildman–Crippen LogP) is 2.56. The Kier molecular flexibility index (Phi) is 6.38. The molecule has 1 atom stereocenters. The Bertz CT molecular complexity index is 282. The first-order valence-electron chi connectivity index (χ1n) is 4.54. The van der Waals surface area contributed by atoms with Gasteiger partial charge in [-0.15, -0.1) is 0 Å². The van der Waals surface area contributed by atoms with Crippen LogP contribution in [0.1, 0.15) is 19.9 Å². The van der Waals surface area contributed by atoms with Gasteiger partial charge in [-0.25, -0.2) is 0 Å². The largest absolute Gasteiger partial charge is 0.481 e. The van der Waals surface area contributed by atoms with E-state index in [4.69, 9.17) is 9.84 Å². The molecule has 0 heterocycles. The Morgan fingerprint density at radius 2 is 2.00 bits per heavy atom. The van der Waals surface area contributed by atoms with Crippen molar-refractivity contribution in [2.45, 2.75) is 21.0 Å². The lowest BCUT2D eigenvalue weighted by atomic mass is 10.2. The summed E-state index contributed by atoms with van der Waals surface area (Å²) in [5.41, 5.74) is 1.06. The molecule has 0 spiro atoms. The van der Waals surface area contributed by atoms with E-state index in [1.54, 1.807) is 6.92 Å². The van der Waals surface area contributed by atoms with Crippen LogP contribution in [0.2, 0.25) is 0 Å². The highest BCUT2D eigenvalue weighted by molar-refractivity contribution is 5.69. The van der Waals surface area contributed by atoms with Gasteiger partial charge in [0, 0.05) is 0 Å². The van der Waals surface area contributed by atoms with Crippen LogP contribution in [0, 0.1) is 5.92 Å². The third kappa shape index (κ3) is 5.18. The van der Waals surface area contributed by atoms with E-state index in [2.05, 4.69) is 0 Å². The fourth-order valence-electron chi connectivity index (χ4n) is 0.999. The second-order valence-electron chi connectivity index (χ2n) is 3.24. The zero-order valence-electron chi connectivity index (χ0n) is 8.14. The maximum Gasteiger partial charge on any atom is 0.308 e. The molecule has 0 saturated heterocycles. The van der Waals surface area contributed by atoms with Crippen molar-refractivity contribution in [2.75, 3.05) is 6.61 Å². The Balaban J connectivity index is 0.00000196. The third-order valence-electron chi connectivity index (χ3n) is 1.90. The number of hydrogen-bond donors (Lipinski definition) is 1. The minimum atomic E-state index is -0.821. The fourth-order valence-corrected chi connectivity index (χ4v) is 0.999. The SMILES string of the molecule is C.C[C@@H](COCc1ccccc1)C(=O)O. The normalized spacial score (nSPS) is 11.5. The summed E-state index contributed by atoms with van der Waals surface area (Å²) in [5, 5.41) is 8.60. The highest BCUT2D eigenvalue weighted by Gasteiger charge is 2.10. The van der Waals surface area contributed by atoms with Gasteiger partial charge < -0.3 is 9.84 Å². The van der Waals surface area contributed by atoms with Crippen molar-refractivity contribution in [3.8, 4) is 0 Å². The van der Waals surface area contributed by atoms with E-state index in [1.165, 1.54) is 0 Å². The van der Waals surface area contributed by atoms with Gasteiger partial charge >= 0.3 is 5.97 Å². The third-order valence-corrected chi connectivity index (χ3v) is 1.90. The second kappa shape index (κ2) is 7.01. The van der Waals surface area contributed by atoms with Gasteiger partial charge in [0.15, 0.2) is 0 Å². The lowest BCUT2D eigenvalue weighted by Gasteiger charge is -2.07. The van der Waals surface area contributed by atoms with Gasteiger partial charge in [-0.2, -0.15) is 0 Å². The van der Waals surface area contributed by atoms with E-state index in [0.29, 0.717) is 6.61 Å². The van der Waals surface area contributed by atoms with Crippen molar-refractivity contribution in [3.05, 3.63) is 35.9 Å². The lowest BCUT2D eigenvalue weighted by Crippen LogP contribution is -2.15. The molecule has 0 aliphatic carbocycles. The molecular weight excluding hydrogens is 192 g/mol. The van der Waals surface area contributed by atoms with E-state index in [9.17, 15) is 4.79 Å². The zero-order valence-corrected chi connectivity index (χ0v) is 8.14. The summed E-state index contributed by atoms with van der Waals surface area (Å²) in [6, 6.07) is 9.69. The van der Waals surface area contributed by atoms with Crippen LogP contribution < -0.4 is 0 Å². The Hall–Kier alpha value is -1.35. The first-order chi connectivity index (χ1) is 6.70. The molecule has 0 radical (unpaired) electrons. The van der Waals surface area contributed by atoms with E-state index < -0.39 is 11.9 Å². The Morgan fingerprint density at radius 3 is 2.53 bits per heavy atom. The molecule has 0 unspecified atom stereocenters. The predicted molar refractivity (Wildman–Crippen MR) is 59.6 cm³/mol. The summed E-state index contributed by atoms with van der Waals surface area (Å²) in [6.07, 6.45) is 0. The molecular formula is C12H18O3. The lowest BCUT2D eigenvalue weighted by molar-refractivity contribution is -0.143. The number of carbonyl (C=O) groups is 1. The van der Waals surface area contributed by atoms with E-state index >= 15 is 0 Å². The van der Waals surface area contributed by atoms with Crippen molar-refractivity contribution in [3.63, 3.8) is 0 Å². The molecule has 1 aromatic carbocycles. The molecule has 1 N–H and O–H groups in total. The molecule has 84 valence electrons. The van der Waals surface area contributed by atoms with E-state index in [1.807, 2.05) is 30.3 Å². The monoisotopic (exact) mass is 210 g/mol. The van der Waals surface area contributed by atoms with Crippen LogP contribution in [0.3, 0.4) is 0 Å². The van der Waals surface area contributed by atoms with Gasteiger partial charge in [-0.05, 0) is 12.5 Å². The number of rotatable bonds is 5. The van der Waals surface area contributed by atoms with Gasteiger partial charge in [-0.3, -0.25) is 4.79 Å². The molecule has 0 aromatic heterocycles. The van der Waals surface area contributed by atoms with Gasteiger partial charge in [0.25, 0.3) is 0 Å². The van der Waals surface area contributed by atoms with Gasteiger partial charge in [0.2, 0.25) is 0 Å². The van der Waals surface area contributed by atoms with Crippen molar-refractivity contribution < 1.29 is 14.6 Å². The summed E-state index contributed by atoms with van der Waals surface area (Å²) < 4.78 is 5.26. The van der Waals surface area contributed by atoms with E-state index in [0.717, 1.165) is 5.56 Å². The topological polar surface area (TPSA) is 46.5 Å². The van der Waals surface area contributed by atoms with Gasteiger partial charge in [0.05, 0.1) is 19.1 Å². The maximum atomic E-state index is 10.5. The molecule has 0 saturated carbocycles. The first kappa shape index (κ1) is 13.7. The fraction of sp³-hybridized carbons (Fsp3) is 0.417. The van der Waals surface area contributed by atoms with Crippen LogP contribution in [0.15, 0.2) is 30.3 Å². The van der Waals surface area contributed by atoms with Gasteiger partial charge in [0.1, 0.15) is 0 Å². The van der Waals surface area contributed by atoms with Crippen LogP contribution >= 0.6 is 0 Å². The summed E-state index contributed by atoms with van der Waals surface area (Å²) in [6.45, 7) is 2.36. The summed E-state index contributed by atoms with van der Waals surface area (Å²) >= 11 is 0. The molecule has 0 fully saturated rings. The van der Waals surface area contributed by atoms with Crippen LogP contribution in [-0.2, 0) is 16.1 Å². The van der Waals surface area contributed by atoms with Crippen molar-refractivity contribution in [1.82, 2.24) is 0 Å².